The lowest BCUT2D eigenvalue weighted by atomic mass is 10.1. The zero-order chi connectivity index (χ0) is 12.8. The average molecular weight is 232 g/mol. The highest BCUT2D eigenvalue weighted by Crippen LogP contribution is 2.05. The minimum Gasteiger partial charge on any atom is -0.368 e. The van der Waals surface area contributed by atoms with Crippen LogP contribution >= 0.6 is 0 Å². The first-order chi connectivity index (χ1) is 7.99. The highest BCUT2D eigenvalue weighted by atomic mass is 16.2. The summed E-state index contributed by atoms with van der Waals surface area (Å²) in [5, 5.41) is 0. The van der Waals surface area contributed by atoms with E-state index in [2.05, 4.69) is 0 Å². The Hall–Kier alpha value is -2.10. The van der Waals surface area contributed by atoms with E-state index < -0.39 is 5.91 Å². The fourth-order valence-corrected chi connectivity index (χ4v) is 1.38. The van der Waals surface area contributed by atoms with Gasteiger partial charge in [-0.05, 0) is 18.6 Å². The first kappa shape index (κ1) is 13.0. The molecule has 0 aromatic heterocycles. The second kappa shape index (κ2) is 5.84. The van der Waals surface area contributed by atoms with Gasteiger partial charge in [-0.25, -0.2) is 0 Å². The minimum atomic E-state index is -0.523. The summed E-state index contributed by atoms with van der Waals surface area (Å²) in [4.78, 5) is 23.5. The molecule has 4 nitrogen and oxygen atoms in total. The first-order valence-corrected chi connectivity index (χ1v) is 5.27. The maximum Gasteiger partial charge on any atom is 0.246 e. The van der Waals surface area contributed by atoms with Crippen molar-refractivity contribution in [1.29, 1.82) is 0 Å². The van der Waals surface area contributed by atoms with Crippen LogP contribution in [-0.2, 0) is 9.59 Å². The molecule has 0 atom stereocenters. The summed E-state index contributed by atoms with van der Waals surface area (Å²) in [5.41, 5.74) is 7.08. The topological polar surface area (TPSA) is 63.4 Å². The molecule has 0 aliphatic carbocycles. The van der Waals surface area contributed by atoms with Crippen molar-refractivity contribution in [3.05, 3.63) is 41.5 Å². The summed E-state index contributed by atoms with van der Waals surface area (Å²) in [5.74, 6) is -0.768. The Balaban J connectivity index is 2.65. The van der Waals surface area contributed by atoms with E-state index in [-0.39, 0.29) is 12.5 Å². The number of benzene rings is 1. The molecule has 17 heavy (non-hydrogen) atoms. The maximum atomic E-state index is 11.6. The van der Waals surface area contributed by atoms with Crippen molar-refractivity contribution >= 4 is 17.9 Å². The molecule has 0 saturated carbocycles. The van der Waals surface area contributed by atoms with Gasteiger partial charge in [0.15, 0.2) is 0 Å². The van der Waals surface area contributed by atoms with E-state index in [4.69, 9.17) is 5.73 Å². The number of amides is 2. The van der Waals surface area contributed by atoms with Crippen LogP contribution in [0, 0.1) is 6.92 Å². The second-order valence-electron chi connectivity index (χ2n) is 3.91. The predicted octanol–water partition coefficient (Wildman–Crippen LogP) is 0.952. The average Bonchev–Trinajstić information content (AvgIpc) is 2.25. The van der Waals surface area contributed by atoms with Gasteiger partial charge >= 0.3 is 0 Å². The molecular formula is C13H16N2O2. The molecule has 4 heteroatoms. The second-order valence-corrected chi connectivity index (χ2v) is 3.91. The summed E-state index contributed by atoms with van der Waals surface area (Å²) in [6.07, 6.45) is 3.14. The molecule has 1 aromatic carbocycles. The van der Waals surface area contributed by atoms with Crippen molar-refractivity contribution in [2.24, 2.45) is 5.73 Å². The molecule has 0 radical (unpaired) electrons. The van der Waals surface area contributed by atoms with Crippen molar-refractivity contribution in [2.45, 2.75) is 6.92 Å². The summed E-state index contributed by atoms with van der Waals surface area (Å²) in [7, 11) is 1.54. The van der Waals surface area contributed by atoms with Crippen LogP contribution in [-0.4, -0.2) is 30.3 Å². The number of hydrogen-bond donors (Lipinski definition) is 1. The molecule has 0 bridgehead atoms. The van der Waals surface area contributed by atoms with E-state index in [1.165, 1.54) is 18.0 Å². The van der Waals surface area contributed by atoms with Gasteiger partial charge in [0.05, 0.1) is 6.54 Å². The van der Waals surface area contributed by atoms with Gasteiger partial charge in [0.2, 0.25) is 11.8 Å². The number of aryl methyl sites for hydroxylation is 1. The van der Waals surface area contributed by atoms with Crippen LogP contribution in [0.4, 0.5) is 0 Å². The lowest BCUT2D eigenvalue weighted by Crippen LogP contribution is -2.34. The van der Waals surface area contributed by atoms with Gasteiger partial charge in [-0.2, -0.15) is 0 Å². The quantitative estimate of drug-likeness (QED) is 0.786. The first-order valence-electron chi connectivity index (χ1n) is 5.27. The molecular weight excluding hydrogens is 216 g/mol. The van der Waals surface area contributed by atoms with Gasteiger partial charge in [-0.3, -0.25) is 9.59 Å². The van der Waals surface area contributed by atoms with Crippen molar-refractivity contribution < 1.29 is 9.59 Å². The van der Waals surface area contributed by atoms with Gasteiger partial charge in [-0.15, -0.1) is 0 Å². The minimum absolute atomic E-state index is 0.0724. The van der Waals surface area contributed by atoms with Crippen LogP contribution < -0.4 is 5.73 Å². The van der Waals surface area contributed by atoms with E-state index in [0.717, 1.165) is 11.1 Å². The molecule has 90 valence electrons. The van der Waals surface area contributed by atoms with Gasteiger partial charge in [0.25, 0.3) is 0 Å². The zero-order valence-electron chi connectivity index (χ0n) is 10.0. The van der Waals surface area contributed by atoms with E-state index in [9.17, 15) is 9.59 Å². The van der Waals surface area contributed by atoms with E-state index in [1.807, 2.05) is 31.2 Å². The zero-order valence-corrected chi connectivity index (χ0v) is 10.0. The molecule has 0 heterocycles. The molecule has 0 unspecified atom stereocenters. The molecule has 0 fully saturated rings. The van der Waals surface area contributed by atoms with Gasteiger partial charge in [-0.1, -0.05) is 29.8 Å². The smallest absolute Gasteiger partial charge is 0.246 e. The highest BCUT2D eigenvalue weighted by molar-refractivity contribution is 5.93. The van der Waals surface area contributed by atoms with Crippen molar-refractivity contribution in [1.82, 2.24) is 4.90 Å². The molecule has 1 rings (SSSR count). The van der Waals surface area contributed by atoms with Crippen LogP contribution in [0.15, 0.2) is 30.3 Å². The Morgan fingerprint density at radius 1 is 1.41 bits per heavy atom. The standard InChI is InChI=1S/C13H16N2O2/c1-10-4-3-5-11(8-10)6-7-13(17)15(2)9-12(14)16/h3-8H,9H2,1-2H3,(H2,14,16). The molecule has 2 amide bonds. The summed E-state index contributed by atoms with van der Waals surface area (Å²) < 4.78 is 0. The lowest BCUT2D eigenvalue weighted by Gasteiger charge is -2.11. The van der Waals surface area contributed by atoms with Crippen molar-refractivity contribution in [3.63, 3.8) is 0 Å². The van der Waals surface area contributed by atoms with Crippen molar-refractivity contribution in [2.75, 3.05) is 13.6 Å². The van der Waals surface area contributed by atoms with E-state index in [1.54, 1.807) is 6.08 Å². The highest BCUT2D eigenvalue weighted by Gasteiger charge is 2.06. The fourth-order valence-electron chi connectivity index (χ4n) is 1.38. The van der Waals surface area contributed by atoms with Gasteiger partial charge in [0.1, 0.15) is 0 Å². The predicted molar refractivity (Wildman–Crippen MR) is 67.0 cm³/mol. The third kappa shape index (κ3) is 4.51. The summed E-state index contributed by atoms with van der Waals surface area (Å²) >= 11 is 0. The number of primary amides is 1. The Morgan fingerprint density at radius 3 is 2.71 bits per heavy atom. The number of carbonyl (C=O) groups excluding carboxylic acids is 2. The SMILES string of the molecule is Cc1cccc(C=CC(=O)N(C)CC(N)=O)c1. The van der Waals surface area contributed by atoms with E-state index in [0.29, 0.717) is 0 Å². The lowest BCUT2D eigenvalue weighted by molar-refractivity contribution is -0.129. The monoisotopic (exact) mass is 232 g/mol. The Bertz CT molecular complexity index is 452. The number of nitrogens with two attached hydrogens (primary N) is 1. The molecule has 2 N–H and O–H groups in total. The van der Waals surface area contributed by atoms with E-state index >= 15 is 0 Å². The number of rotatable bonds is 4. The van der Waals surface area contributed by atoms with Crippen LogP contribution in [0.1, 0.15) is 11.1 Å². The number of carbonyl (C=O) groups is 2. The van der Waals surface area contributed by atoms with Gasteiger partial charge < -0.3 is 10.6 Å². The summed E-state index contributed by atoms with van der Waals surface area (Å²) in [6.45, 7) is 1.91. The third-order valence-electron chi connectivity index (χ3n) is 2.23. The number of nitrogens with zero attached hydrogens (tertiary/aromatic N) is 1. The van der Waals surface area contributed by atoms with Gasteiger partial charge in [0, 0.05) is 13.1 Å². The molecule has 0 aliphatic rings. The number of hydrogen-bond acceptors (Lipinski definition) is 2. The normalized spacial score (nSPS) is 10.5. The Labute approximate surface area is 101 Å². The maximum absolute atomic E-state index is 11.6. The fraction of sp³-hybridized carbons (Fsp3) is 0.231. The molecule has 0 aliphatic heterocycles. The van der Waals surface area contributed by atoms with Crippen LogP contribution in [0.2, 0.25) is 0 Å². The number of likely N-dealkylation sites (N-methyl/N-ethyl adjacent to an activating group) is 1. The summed E-state index contributed by atoms with van der Waals surface area (Å²) in [6, 6.07) is 7.79. The van der Waals surface area contributed by atoms with Crippen LogP contribution in [0.3, 0.4) is 0 Å². The van der Waals surface area contributed by atoms with Crippen molar-refractivity contribution in [3.8, 4) is 0 Å². The molecule has 1 aromatic rings. The van der Waals surface area contributed by atoms with Crippen LogP contribution in [0.25, 0.3) is 6.08 Å². The third-order valence-corrected chi connectivity index (χ3v) is 2.23. The Kier molecular flexibility index (Phi) is 4.46. The molecule has 0 saturated heterocycles. The Morgan fingerprint density at radius 2 is 2.12 bits per heavy atom. The largest absolute Gasteiger partial charge is 0.368 e. The molecule has 0 spiro atoms. The van der Waals surface area contributed by atoms with Crippen LogP contribution in [0.5, 0.6) is 0 Å².